The first-order valence-electron chi connectivity index (χ1n) is 11.6. The van der Waals surface area contributed by atoms with Crippen molar-refractivity contribution in [3.8, 4) is 11.4 Å². The third-order valence-electron chi connectivity index (χ3n) is 5.89. The van der Waals surface area contributed by atoms with E-state index in [0.29, 0.717) is 28.9 Å². The molecule has 8 nitrogen and oxygen atoms in total. The number of nitrogens with zero attached hydrogens (tertiary/aromatic N) is 4. The van der Waals surface area contributed by atoms with Crippen molar-refractivity contribution in [3.63, 3.8) is 0 Å². The third kappa shape index (κ3) is 5.11. The maximum absolute atomic E-state index is 13.3. The molecule has 36 heavy (non-hydrogen) atoms. The summed E-state index contributed by atoms with van der Waals surface area (Å²) in [6.45, 7) is 7.50. The van der Waals surface area contributed by atoms with Gasteiger partial charge in [-0.15, -0.1) is 0 Å². The second-order valence-electron chi connectivity index (χ2n) is 8.56. The molecule has 9 heteroatoms. The summed E-state index contributed by atoms with van der Waals surface area (Å²) in [6.07, 6.45) is 2.23. The molecule has 0 amide bonds. The van der Waals surface area contributed by atoms with Crippen LogP contribution < -0.4 is 10.3 Å². The number of rotatable bonds is 8. The van der Waals surface area contributed by atoms with Gasteiger partial charge in [-0.3, -0.25) is 4.79 Å². The molecule has 186 valence electrons. The van der Waals surface area contributed by atoms with Crippen LogP contribution in [0.3, 0.4) is 0 Å². The molecule has 0 spiro atoms. The van der Waals surface area contributed by atoms with Gasteiger partial charge in [-0.05, 0) is 75.7 Å². The highest BCUT2D eigenvalue weighted by Crippen LogP contribution is 2.23. The number of halogens is 1. The lowest BCUT2D eigenvalue weighted by Crippen LogP contribution is -2.22. The van der Waals surface area contributed by atoms with E-state index in [1.807, 2.05) is 51.1 Å². The van der Waals surface area contributed by atoms with E-state index in [2.05, 4.69) is 30.6 Å². The van der Waals surface area contributed by atoms with Gasteiger partial charge in [0.1, 0.15) is 11.6 Å². The van der Waals surface area contributed by atoms with Crippen molar-refractivity contribution in [3.05, 3.63) is 86.1 Å². The molecule has 0 aliphatic heterocycles. The van der Waals surface area contributed by atoms with Crippen LogP contribution in [0.4, 0.5) is 0 Å². The van der Waals surface area contributed by atoms with E-state index in [4.69, 9.17) is 9.84 Å². The van der Waals surface area contributed by atoms with Gasteiger partial charge in [0.15, 0.2) is 6.10 Å². The number of carboxylic acids is 1. The minimum absolute atomic E-state index is 0.207. The molecule has 2 aromatic carbocycles. The number of aryl methyl sites for hydroxylation is 2. The lowest BCUT2D eigenvalue weighted by Gasteiger charge is -2.13. The van der Waals surface area contributed by atoms with Crippen molar-refractivity contribution in [1.29, 1.82) is 0 Å². The standard InChI is InChI=1S/C27H27BrN4O4/c1-5-6-25-30-24-12-7-20(28)14-23(24)26(33)32(25)29-15-19-13-16(2)31(17(19)3)21-8-10-22(11-9-21)36-18(4)27(34)35/h7-15,18H,5-6H2,1-4H3,(H,34,35)/t18-/m1/s1. The number of ether oxygens (including phenoxy) is 1. The molecule has 0 fully saturated rings. The number of benzene rings is 2. The number of hydrogen-bond acceptors (Lipinski definition) is 5. The Bertz CT molecular complexity index is 1520. The first-order valence-corrected chi connectivity index (χ1v) is 12.4. The van der Waals surface area contributed by atoms with Gasteiger partial charge in [-0.1, -0.05) is 22.9 Å². The summed E-state index contributed by atoms with van der Waals surface area (Å²) in [7, 11) is 0. The van der Waals surface area contributed by atoms with E-state index in [0.717, 1.165) is 33.5 Å². The largest absolute Gasteiger partial charge is 0.479 e. The number of aromatic nitrogens is 3. The molecule has 2 aromatic heterocycles. The molecule has 0 unspecified atom stereocenters. The van der Waals surface area contributed by atoms with Crippen molar-refractivity contribution < 1.29 is 14.6 Å². The Morgan fingerprint density at radius 3 is 2.58 bits per heavy atom. The van der Waals surface area contributed by atoms with Gasteiger partial charge in [0, 0.05) is 33.5 Å². The van der Waals surface area contributed by atoms with Crippen LogP contribution in [0.1, 0.15) is 43.0 Å². The zero-order valence-corrected chi connectivity index (χ0v) is 22.1. The SMILES string of the molecule is CCCc1nc2ccc(Br)cc2c(=O)n1N=Cc1cc(C)n(-c2ccc(O[C@H](C)C(=O)O)cc2)c1C. The Balaban J connectivity index is 1.69. The van der Waals surface area contributed by atoms with Gasteiger partial charge in [0.25, 0.3) is 5.56 Å². The molecule has 0 bridgehead atoms. The zero-order chi connectivity index (χ0) is 26.0. The molecule has 0 aliphatic rings. The van der Waals surface area contributed by atoms with Gasteiger partial charge in [-0.2, -0.15) is 9.78 Å². The molecule has 0 radical (unpaired) electrons. The quantitative estimate of drug-likeness (QED) is 0.302. The van der Waals surface area contributed by atoms with Gasteiger partial charge < -0.3 is 14.4 Å². The predicted molar refractivity (Wildman–Crippen MR) is 144 cm³/mol. The Morgan fingerprint density at radius 2 is 1.92 bits per heavy atom. The summed E-state index contributed by atoms with van der Waals surface area (Å²) in [5, 5.41) is 14.1. The van der Waals surface area contributed by atoms with Crippen LogP contribution in [0.5, 0.6) is 5.75 Å². The van der Waals surface area contributed by atoms with Gasteiger partial charge in [0.2, 0.25) is 0 Å². The van der Waals surface area contributed by atoms with E-state index in [1.165, 1.54) is 11.6 Å². The summed E-state index contributed by atoms with van der Waals surface area (Å²) in [5.74, 6) is 0.0836. The van der Waals surface area contributed by atoms with Crippen LogP contribution in [0, 0.1) is 13.8 Å². The van der Waals surface area contributed by atoms with Crippen molar-refractivity contribution >= 4 is 39.0 Å². The number of carbonyl (C=O) groups is 1. The van der Waals surface area contributed by atoms with E-state index < -0.39 is 12.1 Å². The van der Waals surface area contributed by atoms with E-state index >= 15 is 0 Å². The van der Waals surface area contributed by atoms with E-state index in [-0.39, 0.29) is 5.56 Å². The molecule has 1 atom stereocenters. The average molecular weight is 551 g/mol. The maximum Gasteiger partial charge on any atom is 0.344 e. The summed E-state index contributed by atoms with van der Waals surface area (Å²) >= 11 is 3.43. The Hall–Kier alpha value is -3.72. The van der Waals surface area contributed by atoms with Crippen molar-refractivity contribution in [2.24, 2.45) is 5.10 Å². The van der Waals surface area contributed by atoms with Crippen LogP contribution in [0.2, 0.25) is 0 Å². The van der Waals surface area contributed by atoms with Crippen LogP contribution >= 0.6 is 15.9 Å². The normalized spacial score (nSPS) is 12.4. The van der Waals surface area contributed by atoms with Crippen LogP contribution in [-0.4, -0.2) is 37.6 Å². The Kier molecular flexibility index (Phi) is 7.40. The second-order valence-corrected chi connectivity index (χ2v) is 9.47. The molecule has 0 saturated carbocycles. The predicted octanol–water partition coefficient (Wildman–Crippen LogP) is 5.25. The topological polar surface area (TPSA) is 98.7 Å². The fourth-order valence-electron chi connectivity index (χ4n) is 4.06. The van der Waals surface area contributed by atoms with Crippen molar-refractivity contribution in [2.75, 3.05) is 0 Å². The fraction of sp³-hybridized carbons (Fsp3) is 0.259. The highest BCUT2D eigenvalue weighted by molar-refractivity contribution is 9.10. The number of carboxylic acid groups (broad SMARTS) is 1. The van der Waals surface area contributed by atoms with Crippen LogP contribution in [0.15, 0.2) is 62.9 Å². The average Bonchev–Trinajstić information content (AvgIpc) is 3.13. The number of fused-ring (bicyclic) bond motifs is 1. The lowest BCUT2D eigenvalue weighted by molar-refractivity contribution is -0.144. The van der Waals surface area contributed by atoms with Crippen LogP contribution in [-0.2, 0) is 11.2 Å². The van der Waals surface area contributed by atoms with Crippen LogP contribution in [0.25, 0.3) is 16.6 Å². The Morgan fingerprint density at radius 1 is 1.19 bits per heavy atom. The molecule has 4 rings (SSSR count). The lowest BCUT2D eigenvalue weighted by atomic mass is 10.2. The smallest absolute Gasteiger partial charge is 0.344 e. The molecule has 1 N–H and O–H groups in total. The number of hydrogen-bond donors (Lipinski definition) is 1. The number of aliphatic carboxylic acids is 1. The summed E-state index contributed by atoms with van der Waals surface area (Å²) in [4.78, 5) is 29.0. The molecule has 4 aromatic rings. The van der Waals surface area contributed by atoms with E-state index in [9.17, 15) is 9.59 Å². The minimum atomic E-state index is -1.02. The first-order chi connectivity index (χ1) is 17.2. The highest BCUT2D eigenvalue weighted by Gasteiger charge is 2.14. The summed E-state index contributed by atoms with van der Waals surface area (Å²) in [6, 6.07) is 14.7. The minimum Gasteiger partial charge on any atom is -0.479 e. The van der Waals surface area contributed by atoms with Gasteiger partial charge >= 0.3 is 5.97 Å². The molecule has 0 saturated heterocycles. The van der Waals surface area contributed by atoms with Crippen molar-refractivity contribution in [1.82, 2.24) is 14.2 Å². The molecular formula is C27H27BrN4O4. The first kappa shape index (κ1) is 25.4. The summed E-state index contributed by atoms with van der Waals surface area (Å²) in [5.41, 5.74) is 4.16. The highest BCUT2D eigenvalue weighted by atomic mass is 79.9. The molecule has 2 heterocycles. The molecule has 0 aliphatic carbocycles. The molecular weight excluding hydrogens is 524 g/mol. The monoisotopic (exact) mass is 550 g/mol. The Labute approximate surface area is 217 Å². The second kappa shape index (κ2) is 10.5. The van der Waals surface area contributed by atoms with E-state index in [1.54, 1.807) is 24.4 Å². The summed E-state index contributed by atoms with van der Waals surface area (Å²) < 4.78 is 9.69. The van der Waals surface area contributed by atoms with Crippen molar-refractivity contribution in [2.45, 2.75) is 46.6 Å². The zero-order valence-electron chi connectivity index (χ0n) is 20.5. The fourth-order valence-corrected chi connectivity index (χ4v) is 4.42. The van der Waals surface area contributed by atoms with Gasteiger partial charge in [0.05, 0.1) is 17.1 Å². The maximum atomic E-state index is 13.3. The third-order valence-corrected chi connectivity index (χ3v) is 6.38. The van der Waals surface area contributed by atoms with Gasteiger partial charge in [-0.25, -0.2) is 9.78 Å².